The fourth-order valence-electron chi connectivity index (χ4n) is 6.40. The molecule has 386 valence electrons. The Hall–Kier alpha value is -8.03. The van der Waals surface area contributed by atoms with Gasteiger partial charge in [0, 0.05) is 56.4 Å². The normalized spacial score (nSPS) is 11.1. The van der Waals surface area contributed by atoms with Crippen molar-refractivity contribution in [2.24, 2.45) is 12.0 Å². The molecule has 0 aliphatic heterocycles. The molecular formula is C49H42F9IN12O2S. The number of halogens is 10. The van der Waals surface area contributed by atoms with Gasteiger partial charge in [-0.2, -0.15) is 44.5 Å². The van der Waals surface area contributed by atoms with Crippen molar-refractivity contribution in [3.8, 4) is 46.0 Å². The first kappa shape index (κ1) is 56.9. The number of isothiocyanates is 1. The van der Waals surface area contributed by atoms with Crippen LogP contribution in [0.4, 0.5) is 68.2 Å². The summed E-state index contributed by atoms with van der Waals surface area (Å²) in [6.07, 6.45) is -9.26. The second kappa shape index (κ2) is 24.1. The number of nitrogens with one attached hydrogen (secondary N) is 4. The van der Waals surface area contributed by atoms with E-state index < -0.39 is 35.5 Å². The van der Waals surface area contributed by atoms with E-state index >= 15 is 0 Å². The molecule has 0 saturated carbocycles. The number of aromatic nitrogens is 8. The smallest absolute Gasteiger partial charge is 0.432 e. The van der Waals surface area contributed by atoms with Gasteiger partial charge in [0.25, 0.3) is 0 Å². The number of nitrogens with two attached hydrogens (primary N) is 1. The third-order valence-electron chi connectivity index (χ3n) is 10.0. The summed E-state index contributed by atoms with van der Waals surface area (Å²) in [7, 11) is 3.50. The maximum atomic E-state index is 12.9. The molecule has 9 aromatic rings. The molecule has 0 aliphatic carbocycles. The fourth-order valence-corrected chi connectivity index (χ4v) is 6.51. The maximum absolute atomic E-state index is 12.9. The number of hydrogen-bond acceptors (Lipinski definition) is 12. The Labute approximate surface area is 438 Å². The van der Waals surface area contributed by atoms with E-state index in [1.807, 2.05) is 31.2 Å². The first-order valence-corrected chi connectivity index (χ1v) is 21.2. The molecule has 0 bridgehead atoms. The number of anilines is 4. The van der Waals surface area contributed by atoms with E-state index in [0.717, 1.165) is 35.2 Å². The summed E-state index contributed by atoms with van der Waals surface area (Å²) in [4.78, 5) is 28.2. The maximum Gasteiger partial charge on any atom is 0.432 e. The number of hydrogen-bond donors (Lipinski definition) is 5. The lowest BCUT2D eigenvalue weighted by Gasteiger charge is -2.10. The molecule has 0 fully saturated rings. The van der Waals surface area contributed by atoms with Gasteiger partial charge in [-0.3, -0.25) is 9.97 Å². The van der Waals surface area contributed by atoms with Crippen LogP contribution in [0.25, 0.3) is 34.1 Å². The highest BCUT2D eigenvalue weighted by atomic mass is 127. The molecule has 0 atom stereocenters. The summed E-state index contributed by atoms with van der Waals surface area (Å²) in [5, 5.41) is 8.24. The minimum absolute atomic E-state index is 0. The lowest BCUT2D eigenvalue weighted by Crippen LogP contribution is -2.05. The highest BCUT2D eigenvalue weighted by Gasteiger charge is 2.34. The van der Waals surface area contributed by atoms with Gasteiger partial charge in [-0.1, -0.05) is 25.1 Å². The van der Waals surface area contributed by atoms with Gasteiger partial charge in [-0.05, 0) is 91.9 Å². The fraction of sp³-hybridized carbons (Fsp3) is 0.143. The number of nitrogen functional groups attached to an aromatic ring is 1. The number of rotatable bonds is 10. The molecule has 5 heterocycles. The summed E-state index contributed by atoms with van der Waals surface area (Å²) in [6, 6.07) is 28.6. The number of aliphatic imine (C=N–C) groups is 1. The molecule has 9 rings (SSSR count). The van der Waals surface area contributed by atoms with E-state index in [-0.39, 0.29) is 54.4 Å². The molecule has 6 N–H and O–H groups in total. The van der Waals surface area contributed by atoms with Gasteiger partial charge < -0.3 is 40.4 Å². The largest absolute Gasteiger partial charge is 0.457 e. The van der Waals surface area contributed by atoms with Gasteiger partial charge in [0.1, 0.15) is 45.8 Å². The van der Waals surface area contributed by atoms with Crippen molar-refractivity contribution in [3.05, 3.63) is 156 Å². The molecule has 0 saturated heterocycles. The van der Waals surface area contributed by atoms with Gasteiger partial charge in [-0.15, -0.1) is 24.0 Å². The quantitative estimate of drug-likeness (QED) is 0.0289. The molecule has 4 aromatic carbocycles. The molecule has 0 amide bonds. The third-order valence-corrected chi connectivity index (χ3v) is 10.1. The van der Waals surface area contributed by atoms with E-state index in [9.17, 15) is 39.5 Å². The Balaban J connectivity index is 0.000000236. The highest BCUT2D eigenvalue weighted by molar-refractivity contribution is 14.0. The van der Waals surface area contributed by atoms with Crippen molar-refractivity contribution in [1.82, 2.24) is 39.5 Å². The third kappa shape index (κ3) is 14.8. The van der Waals surface area contributed by atoms with Crippen molar-refractivity contribution >= 4 is 81.1 Å². The number of nitrogens with zero attached hydrogens (tertiary/aromatic N) is 7. The van der Waals surface area contributed by atoms with Crippen molar-refractivity contribution in [2.45, 2.75) is 32.9 Å². The van der Waals surface area contributed by atoms with Crippen LogP contribution in [-0.2, 0) is 25.6 Å². The van der Waals surface area contributed by atoms with Crippen LogP contribution in [0.15, 0.2) is 139 Å². The Bertz CT molecular complexity index is 3350. The molecule has 14 nitrogen and oxygen atoms in total. The second-order valence-corrected chi connectivity index (χ2v) is 15.3. The van der Waals surface area contributed by atoms with Crippen LogP contribution in [-0.4, -0.2) is 51.7 Å². The number of aryl methyl sites for hydroxylation is 2. The van der Waals surface area contributed by atoms with Crippen LogP contribution >= 0.6 is 36.2 Å². The zero-order valence-corrected chi connectivity index (χ0v) is 41.1. The summed E-state index contributed by atoms with van der Waals surface area (Å²) in [5.41, 5.74) is 8.65. The number of fused-ring (bicyclic) bond motifs is 1. The first-order chi connectivity index (χ1) is 34.2. The van der Waals surface area contributed by atoms with Crippen molar-refractivity contribution < 1.29 is 49.0 Å². The van der Waals surface area contributed by atoms with Gasteiger partial charge in [0.05, 0.1) is 51.2 Å². The van der Waals surface area contributed by atoms with E-state index in [0.29, 0.717) is 52.0 Å². The number of aromatic amines is 2. The molecule has 0 spiro atoms. The Morgan fingerprint density at radius 1 is 0.662 bits per heavy atom. The number of thiocarbonyl (C=S) groups is 1. The molecule has 74 heavy (non-hydrogen) atoms. The molecular weight excluding hydrogens is 1120 g/mol. The molecule has 5 aromatic heterocycles. The van der Waals surface area contributed by atoms with Crippen LogP contribution in [0.5, 0.6) is 23.0 Å². The predicted molar refractivity (Wildman–Crippen MR) is 278 cm³/mol. The summed E-state index contributed by atoms with van der Waals surface area (Å²) in [6.45, 7) is 2.03. The molecule has 0 radical (unpaired) electrons. The van der Waals surface area contributed by atoms with Gasteiger partial charge in [0.15, 0.2) is 11.6 Å². The van der Waals surface area contributed by atoms with Crippen LogP contribution in [0, 0.1) is 6.92 Å². The number of ether oxygens (including phenoxy) is 2. The number of alkyl halides is 9. The van der Waals surface area contributed by atoms with E-state index in [2.05, 4.69) is 67.9 Å². The van der Waals surface area contributed by atoms with Crippen LogP contribution in [0.2, 0.25) is 0 Å². The van der Waals surface area contributed by atoms with Crippen LogP contribution < -0.4 is 25.8 Å². The van der Waals surface area contributed by atoms with Crippen LogP contribution in [0.3, 0.4) is 0 Å². The van der Waals surface area contributed by atoms with Crippen molar-refractivity contribution in [3.63, 3.8) is 0 Å². The summed E-state index contributed by atoms with van der Waals surface area (Å²) in [5.74, 6) is 1.94. The number of pyridine rings is 2. The second-order valence-electron chi connectivity index (χ2n) is 15.1. The SMILES string of the molecule is C.CNc1ccc(Oc2ccnc(-c3ncc(C(F)(F)F)[nH]3)c2)cc1N.Cc1ccc(N=C=S)cc1.Cn1c(Nc2ccc(C(F)(F)F)cc2)nc2cc(Oc3ccnc(-c4ncc(C(F)(F)F)[nH]4)c3)ccc21.I. The van der Waals surface area contributed by atoms with E-state index in [1.165, 1.54) is 48.3 Å². The highest BCUT2D eigenvalue weighted by Crippen LogP contribution is 2.35. The summed E-state index contributed by atoms with van der Waals surface area (Å²) < 4.78 is 128. The number of benzene rings is 4. The van der Waals surface area contributed by atoms with Crippen molar-refractivity contribution in [2.75, 3.05) is 23.4 Å². The molecule has 0 aliphatic rings. The van der Waals surface area contributed by atoms with Crippen LogP contribution in [0.1, 0.15) is 29.9 Å². The lowest BCUT2D eigenvalue weighted by atomic mass is 10.2. The van der Waals surface area contributed by atoms with Crippen molar-refractivity contribution in [1.29, 1.82) is 0 Å². The first-order valence-electron chi connectivity index (χ1n) is 20.8. The zero-order valence-electron chi connectivity index (χ0n) is 37.9. The van der Waals surface area contributed by atoms with Gasteiger partial charge in [-0.25, -0.2) is 15.0 Å². The van der Waals surface area contributed by atoms with Gasteiger partial charge in [0.2, 0.25) is 5.95 Å². The van der Waals surface area contributed by atoms with Gasteiger partial charge >= 0.3 is 18.5 Å². The Kier molecular flexibility index (Phi) is 18.5. The Morgan fingerprint density at radius 3 is 1.65 bits per heavy atom. The minimum Gasteiger partial charge on any atom is -0.457 e. The average molecular weight is 1160 g/mol. The Morgan fingerprint density at radius 2 is 1.18 bits per heavy atom. The zero-order chi connectivity index (χ0) is 51.8. The number of imidazole rings is 3. The lowest BCUT2D eigenvalue weighted by molar-refractivity contribution is -0.141. The predicted octanol–water partition coefficient (Wildman–Crippen LogP) is 14.8. The van der Waals surface area contributed by atoms with E-state index in [4.69, 9.17) is 15.2 Å². The standard InChI is InChI=1S/C24H16F6N6O.C16H14F3N5O.C8H7NS.CH4.HI/c1-36-19-7-6-15(10-17(19)34-22(36)33-14-4-2-13(3-5-14)23(25,26)27)37-16-8-9-31-18(11-16)21-32-12-20(35-21)24(28,29)30;1-21-12-3-2-9(6-11(12)20)25-10-4-5-22-13(7-10)15-23-8-14(24-15)16(17,18)19;1-7-2-4-8(5-3-7)9-6-10;;/h2-12H,1H3,(H,32,35)(H,33,34);2-8,21H,20H2,1H3,(H,23,24);2-5H,1H3;1H4;1H. The summed E-state index contributed by atoms with van der Waals surface area (Å²) >= 11 is 4.45. The average Bonchev–Trinajstić information content (AvgIpc) is 4.11. The topological polar surface area (TPSA) is 182 Å². The number of H-pyrrole nitrogens is 2. The molecule has 25 heteroatoms. The van der Waals surface area contributed by atoms with E-state index in [1.54, 1.807) is 61.1 Å². The monoisotopic (exact) mass is 1160 g/mol. The minimum atomic E-state index is -4.56. The molecule has 0 unspecified atom stereocenters.